The third-order valence-corrected chi connectivity index (χ3v) is 7.47. The lowest BCUT2D eigenvalue weighted by Crippen LogP contribution is -2.49. The maximum atomic E-state index is 13.7. The fourth-order valence-corrected chi connectivity index (χ4v) is 5.80. The molecule has 2 fully saturated rings. The number of cyclic esters (lactones) is 1. The molecule has 3 amide bonds. The van der Waals surface area contributed by atoms with Crippen LogP contribution in [0.25, 0.3) is 0 Å². The van der Waals surface area contributed by atoms with Crippen LogP contribution in [0.5, 0.6) is 0 Å². The number of nitrogens with one attached hydrogen (secondary N) is 1. The van der Waals surface area contributed by atoms with Gasteiger partial charge in [-0.3, -0.25) is 9.58 Å². The number of ether oxygens (including phenoxy) is 1. The third-order valence-electron chi connectivity index (χ3n) is 7.47. The summed E-state index contributed by atoms with van der Waals surface area (Å²) in [6, 6.07) is 0.465. The minimum absolute atomic E-state index is 0.0925. The number of hydrogen-bond acceptors (Lipinski definition) is 4. The highest BCUT2D eigenvalue weighted by Gasteiger charge is 2.51. The number of carbonyl (C=O) groups excluding carboxylic acids is 2. The highest BCUT2D eigenvalue weighted by Crippen LogP contribution is 2.44. The Balaban J connectivity index is 1.48. The number of benzene rings is 1. The second-order valence-electron chi connectivity index (χ2n) is 10.8. The topological polar surface area (TPSA) is 79.7 Å². The molecule has 3 aliphatic rings. The van der Waals surface area contributed by atoms with Gasteiger partial charge in [0.1, 0.15) is 5.60 Å². The Hall–Kier alpha value is -3.24. The molecule has 36 heavy (non-hydrogen) atoms. The van der Waals surface area contributed by atoms with Crippen molar-refractivity contribution in [2.24, 2.45) is 5.92 Å². The molecular formula is C25H30F3N5O3. The molecule has 1 saturated heterocycles. The summed E-state index contributed by atoms with van der Waals surface area (Å²) in [4.78, 5) is 29.6. The Bertz CT molecular complexity index is 1190. The minimum Gasteiger partial charge on any atom is -0.441 e. The summed E-state index contributed by atoms with van der Waals surface area (Å²) in [7, 11) is 0. The zero-order valence-electron chi connectivity index (χ0n) is 20.7. The second kappa shape index (κ2) is 8.70. The second-order valence-corrected chi connectivity index (χ2v) is 10.8. The van der Waals surface area contributed by atoms with E-state index in [0.29, 0.717) is 17.3 Å². The number of anilines is 2. The molecule has 0 spiro atoms. The fraction of sp³-hybridized carbons (Fsp3) is 0.560. The average Bonchev–Trinajstić information content (AvgIpc) is 3.47. The summed E-state index contributed by atoms with van der Waals surface area (Å²) >= 11 is 0. The van der Waals surface area contributed by atoms with Crippen LogP contribution in [0, 0.1) is 23.4 Å². The molecule has 2 aliphatic heterocycles. The van der Waals surface area contributed by atoms with Crippen LogP contribution >= 0.6 is 0 Å². The van der Waals surface area contributed by atoms with Crippen molar-refractivity contribution in [3.05, 3.63) is 41.5 Å². The lowest BCUT2D eigenvalue weighted by atomic mass is 9.90. The van der Waals surface area contributed by atoms with Gasteiger partial charge in [-0.2, -0.15) is 5.10 Å². The number of hydrogen-bond donors (Lipinski definition) is 1. The van der Waals surface area contributed by atoms with Gasteiger partial charge in [-0.05, 0) is 45.4 Å². The highest BCUT2D eigenvalue weighted by atomic mass is 19.2. The molecule has 1 aromatic carbocycles. The lowest BCUT2D eigenvalue weighted by Gasteiger charge is -2.39. The van der Waals surface area contributed by atoms with Crippen molar-refractivity contribution in [2.75, 3.05) is 10.2 Å². The van der Waals surface area contributed by atoms with Crippen LogP contribution in [-0.4, -0.2) is 44.5 Å². The number of halogens is 3. The Morgan fingerprint density at radius 3 is 2.53 bits per heavy atom. The van der Waals surface area contributed by atoms with E-state index in [9.17, 15) is 22.8 Å². The number of rotatable bonds is 4. The molecule has 1 saturated carbocycles. The van der Waals surface area contributed by atoms with E-state index in [-0.39, 0.29) is 30.4 Å². The summed E-state index contributed by atoms with van der Waals surface area (Å²) in [6.07, 6.45) is 4.35. The normalized spacial score (nSPS) is 24.7. The first-order valence-electron chi connectivity index (χ1n) is 12.3. The zero-order valence-corrected chi connectivity index (χ0v) is 20.7. The first-order valence-corrected chi connectivity index (χ1v) is 12.3. The van der Waals surface area contributed by atoms with Crippen molar-refractivity contribution < 1.29 is 27.5 Å². The SMILES string of the molecule is CC(C)C[C@@H]1N(c2cnn3c2CN(C(=O)Nc2cc(F)c(F)c(F)c2)[C@H]2CCC[C@H]23)C(=O)OC1(C)C. The van der Waals surface area contributed by atoms with Crippen molar-refractivity contribution in [1.82, 2.24) is 14.7 Å². The van der Waals surface area contributed by atoms with Crippen molar-refractivity contribution in [2.45, 2.75) is 83.6 Å². The quantitative estimate of drug-likeness (QED) is 0.550. The van der Waals surface area contributed by atoms with Gasteiger partial charge in [0.05, 0.1) is 42.2 Å². The van der Waals surface area contributed by atoms with Gasteiger partial charge in [-0.25, -0.2) is 22.8 Å². The van der Waals surface area contributed by atoms with Crippen LogP contribution in [0.2, 0.25) is 0 Å². The van der Waals surface area contributed by atoms with Gasteiger partial charge < -0.3 is 15.0 Å². The maximum absolute atomic E-state index is 13.7. The van der Waals surface area contributed by atoms with Crippen molar-refractivity contribution in [3.63, 3.8) is 0 Å². The van der Waals surface area contributed by atoms with Gasteiger partial charge in [-0.15, -0.1) is 0 Å². The van der Waals surface area contributed by atoms with E-state index < -0.39 is 35.2 Å². The van der Waals surface area contributed by atoms with Crippen molar-refractivity contribution in [3.8, 4) is 0 Å². The fourth-order valence-electron chi connectivity index (χ4n) is 5.80. The van der Waals surface area contributed by atoms with Gasteiger partial charge in [0.25, 0.3) is 0 Å². The monoisotopic (exact) mass is 505 g/mol. The Labute approximate surface area is 207 Å². The molecule has 0 radical (unpaired) electrons. The van der Waals surface area contributed by atoms with E-state index in [0.717, 1.165) is 37.8 Å². The third kappa shape index (κ3) is 3.98. The van der Waals surface area contributed by atoms with Crippen LogP contribution < -0.4 is 10.2 Å². The van der Waals surface area contributed by atoms with E-state index in [4.69, 9.17) is 4.74 Å². The molecule has 3 atom stereocenters. The standard InChI is InChI=1S/C25H30F3N5O3/c1-13(2)8-21-25(3,4)36-24(35)32(21)19-11-29-33-18-7-5-6-17(18)31(12-20(19)33)23(34)30-14-9-15(26)22(28)16(27)10-14/h9-11,13,17-18,21H,5-8,12H2,1-4H3,(H,30,34)/t17-,18+,21-/m0/s1. The zero-order chi connectivity index (χ0) is 25.9. The molecule has 1 aliphatic carbocycles. The number of nitrogens with zero attached hydrogens (tertiary/aromatic N) is 4. The molecule has 0 unspecified atom stereocenters. The number of carbonyl (C=O) groups is 2. The Kier molecular flexibility index (Phi) is 5.91. The molecule has 0 bridgehead atoms. The lowest BCUT2D eigenvalue weighted by molar-refractivity contribution is 0.0643. The number of amides is 3. The van der Waals surface area contributed by atoms with Crippen LogP contribution in [0.3, 0.4) is 0 Å². The van der Waals surface area contributed by atoms with Crippen LogP contribution in [0.15, 0.2) is 18.3 Å². The average molecular weight is 506 g/mol. The van der Waals surface area contributed by atoms with E-state index in [1.165, 1.54) is 0 Å². The Morgan fingerprint density at radius 1 is 1.19 bits per heavy atom. The first kappa shape index (κ1) is 24.5. The summed E-state index contributed by atoms with van der Waals surface area (Å²) in [5.74, 6) is -4.04. The van der Waals surface area contributed by atoms with E-state index in [1.807, 2.05) is 18.5 Å². The van der Waals surface area contributed by atoms with Crippen LogP contribution in [0.4, 0.5) is 34.1 Å². The van der Waals surface area contributed by atoms with Crippen molar-refractivity contribution in [1.29, 1.82) is 0 Å². The van der Waals surface area contributed by atoms with Crippen LogP contribution in [0.1, 0.15) is 65.1 Å². The largest absolute Gasteiger partial charge is 0.441 e. The molecule has 3 heterocycles. The molecule has 1 aromatic heterocycles. The molecule has 1 N–H and O–H groups in total. The van der Waals surface area contributed by atoms with Gasteiger partial charge in [0.15, 0.2) is 17.5 Å². The molecule has 2 aromatic rings. The number of urea groups is 1. The predicted octanol–water partition coefficient (Wildman–Crippen LogP) is 5.59. The van der Waals surface area contributed by atoms with E-state index >= 15 is 0 Å². The minimum atomic E-state index is -1.59. The predicted molar refractivity (Wildman–Crippen MR) is 126 cm³/mol. The molecule has 11 heteroatoms. The molecular weight excluding hydrogens is 475 g/mol. The molecule has 194 valence electrons. The van der Waals surface area contributed by atoms with E-state index in [1.54, 1.807) is 16.0 Å². The molecule has 8 nitrogen and oxygen atoms in total. The molecule has 5 rings (SSSR count). The van der Waals surface area contributed by atoms with Gasteiger partial charge in [0.2, 0.25) is 0 Å². The van der Waals surface area contributed by atoms with Crippen molar-refractivity contribution >= 4 is 23.5 Å². The smallest absolute Gasteiger partial charge is 0.415 e. The number of fused-ring (bicyclic) bond motifs is 3. The summed E-state index contributed by atoms with van der Waals surface area (Å²) in [5, 5.41) is 7.13. The number of aromatic nitrogens is 2. The van der Waals surface area contributed by atoms with Gasteiger partial charge >= 0.3 is 12.1 Å². The summed E-state index contributed by atoms with van der Waals surface area (Å²) in [5.41, 5.74) is 0.424. The highest BCUT2D eigenvalue weighted by molar-refractivity contribution is 5.93. The van der Waals surface area contributed by atoms with Crippen LogP contribution in [-0.2, 0) is 11.3 Å². The summed E-state index contributed by atoms with van der Waals surface area (Å²) < 4.78 is 48.4. The van der Waals surface area contributed by atoms with Gasteiger partial charge in [-0.1, -0.05) is 13.8 Å². The summed E-state index contributed by atoms with van der Waals surface area (Å²) in [6.45, 7) is 8.10. The van der Waals surface area contributed by atoms with Gasteiger partial charge in [0, 0.05) is 17.8 Å². The van der Waals surface area contributed by atoms with E-state index in [2.05, 4.69) is 24.3 Å². The first-order chi connectivity index (χ1) is 17.0. The Morgan fingerprint density at radius 2 is 1.86 bits per heavy atom. The maximum Gasteiger partial charge on any atom is 0.415 e.